The molecule has 1 aliphatic carbocycles. The van der Waals surface area contributed by atoms with Gasteiger partial charge < -0.3 is 10.6 Å². The predicted octanol–water partition coefficient (Wildman–Crippen LogP) is 4.01. The number of benzene rings is 1. The maximum Gasteiger partial charge on any atom is 0.251 e. The fourth-order valence-electron chi connectivity index (χ4n) is 4.07. The Morgan fingerprint density at radius 1 is 1.14 bits per heavy atom. The summed E-state index contributed by atoms with van der Waals surface area (Å²) in [6.45, 7) is 4.28. The van der Waals surface area contributed by atoms with E-state index in [0.717, 1.165) is 61.2 Å². The fourth-order valence-corrected chi connectivity index (χ4v) is 4.07. The van der Waals surface area contributed by atoms with Crippen LogP contribution in [0.15, 0.2) is 42.6 Å². The van der Waals surface area contributed by atoms with Crippen LogP contribution in [0.5, 0.6) is 0 Å². The average molecular weight is 392 g/mol. The van der Waals surface area contributed by atoms with Gasteiger partial charge in [0.15, 0.2) is 5.65 Å². The van der Waals surface area contributed by atoms with Gasteiger partial charge in [-0.15, -0.1) is 0 Å². The number of fused-ring (bicyclic) bond motifs is 1. The number of hydrogen-bond acceptors (Lipinski definition) is 4. The van der Waals surface area contributed by atoms with Crippen molar-refractivity contribution in [2.24, 2.45) is 0 Å². The van der Waals surface area contributed by atoms with Crippen molar-refractivity contribution in [3.8, 4) is 0 Å². The number of nitrogens with zero attached hydrogens (tertiary/aromatic N) is 3. The third-order valence-corrected chi connectivity index (χ3v) is 5.66. The average Bonchev–Trinajstić information content (AvgIpc) is 3.38. The molecule has 0 spiro atoms. The predicted molar refractivity (Wildman–Crippen MR) is 115 cm³/mol. The van der Waals surface area contributed by atoms with Crippen molar-refractivity contribution in [1.82, 2.24) is 19.9 Å². The molecule has 6 heteroatoms. The molecule has 2 aromatic heterocycles. The third-order valence-electron chi connectivity index (χ3n) is 5.66. The molecule has 1 aromatic carbocycles. The van der Waals surface area contributed by atoms with Crippen LogP contribution in [0.4, 0.5) is 5.82 Å². The van der Waals surface area contributed by atoms with Gasteiger partial charge in [-0.2, -0.15) is 9.61 Å². The molecule has 1 aliphatic rings. The first kappa shape index (κ1) is 19.4. The number of aryl methyl sites for hydroxylation is 2. The highest BCUT2D eigenvalue weighted by Gasteiger charge is 2.27. The number of rotatable bonds is 7. The van der Waals surface area contributed by atoms with E-state index in [2.05, 4.69) is 40.6 Å². The Morgan fingerprint density at radius 2 is 1.93 bits per heavy atom. The highest BCUT2D eigenvalue weighted by Crippen LogP contribution is 2.24. The van der Waals surface area contributed by atoms with Crippen molar-refractivity contribution in [3.05, 3.63) is 59.4 Å². The number of carbonyl (C=O) groups is 1. The first-order valence-electron chi connectivity index (χ1n) is 10.7. The summed E-state index contributed by atoms with van der Waals surface area (Å²) in [6, 6.07) is 12.4. The highest BCUT2D eigenvalue weighted by atomic mass is 16.1. The van der Waals surface area contributed by atoms with E-state index >= 15 is 0 Å². The Bertz CT molecular complexity index is 979. The zero-order valence-corrected chi connectivity index (χ0v) is 17.2. The van der Waals surface area contributed by atoms with Crippen LogP contribution in [-0.4, -0.2) is 32.6 Å². The van der Waals surface area contributed by atoms with E-state index < -0.39 is 0 Å². The van der Waals surface area contributed by atoms with Crippen molar-refractivity contribution in [3.63, 3.8) is 0 Å². The molecule has 4 rings (SSSR count). The fraction of sp³-hybridized carbons (Fsp3) is 0.435. The lowest BCUT2D eigenvalue weighted by Gasteiger charge is -2.17. The van der Waals surface area contributed by atoms with E-state index in [1.165, 1.54) is 5.56 Å². The molecular weight excluding hydrogens is 362 g/mol. The van der Waals surface area contributed by atoms with Gasteiger partial charge in [0.1, 0.15) is 5.82 Å². The van der Waals surface area contributed by atoms with Gasteiger partial charge in [0, 0.05) is 35.5 Å². The minimum atomic E-state index is 0.0157. The molecule has 0 radical (unpaired) electrons. The number of hydrogen-bond donors (Lipinski definition) is 2. The standard InChI is InChI=1S/C23H29N5O/c1-3-5-18-15-22(28-21(25-18)12-13-24-28)26-19-10-11-20(14-19)27-23(29)17-8-6-16(4-2)7-9-17/h6-9,12-13,15,19-20,26H,3-5,10-11,14H2,1-2H3,(H,27,29)/t19-,20-/m1/s1. The number of amides is 1. The SMILES string of the molecule is CCCc1cc(N[C@@H]2CC[C@@H](NC(=O)c3ccc(CC)cc3)C2)n2nccc2n1. The normalized spacial score (nSPS) is 18.8. The van der Waals surface area contributed by atoms with E-state index in [0.29, 0.717) is 6.04 Å². The van der Waals surface area contributed by atoms with Crippen LogP contribution in [0.3, 0.4) is 0 Å². The summed E-state index contributed by atoms with van der Waals surface area (Å²) in [6.07, 6.45) is 7.69. The summed E-state index contributed by atoms with van der Waals surface area (Å²) in [4.78, 5) is 17.2. The second-order valence-electron chi connectivity index (χ2n) is 7.86. The van der Waals surface area contributed by atoms with Crippen molar-refractivity contribution in [1.29, 1.82) is 0 Å². The molecule has 1 fully saturated rings. The van der Waals surface area contributed by atoms with Gasteiger partial charge in [-0.25, -0.2) is 4.98 Å². The molecule has 6 nitrogen and oxygen atoms in total. The molecule has 0 aliphatic heterocycles. The Morgan fingerprint density at radius 3 is 2.69 bits per heavy atom. The Balaban J connectivity index is 1.39. The quantitative estimate of drug-likeness (QED) is 0.638. The van der Waals surface area contributed by atoms with Crippen molar-refractivity contribution in [2.45, 2.75) is 64.5 Å². The zero-order valence-electron chi connectivity index (χ0n) is 17.2. The molecule has 1 saturated carbocycles. The molecule has 0 unspecified atom stereocenters. The molecule has 2 atom stereocenters. The number of anilines is 1. The molecule has 29 heavy (non-hydrogen) atoms. The monoisotopic (exact) mass is 391 g/mol. The smallest absolute Gasteiger partial charge is 0.251 e. The third kappa shape index (κ3) is 4.42. The van der Waals surface area contributed by atoms with Crippen LogP contribution in [0.25, 0.3) is 5.65 Å². The van der Waals surface area contributed by atoms with Gasteiger partial charge in [0.2, 0.25) is 0 Å². The van der Waals surface area contributed by atoms with Crippen LogP contribution < -0.4 is 10.6 Å². The van der Waals surface area contributed by atoms with E-state index in [-0.39, 0.29) is 11.9 Å². The highest BCUT2D eigenvalue weighted by molar-refractivity contribution is 5.94. The molecule has 0 saturated heterocycles. The molecule has 3 aromatic rings. The lowest BCUT2D eigenvalue weighted by molar-refractivity contribution is 0.0938. The number of carbonyl (C=O) groups excluding carboxylic acids is 1. The van der Waals surface area contributed by atoms with Gasteiger partial charge in [-0.1, -0.05) is 32.4 Å². The topological polar surface area (TPSA) is 71.3 Å². The molecule has 1 amide bonds. The zero-order chi connectivity index (χ0) is 20.2. The second-order valence-corrected chi connectivity index (χ2v) is 7.86. The summed E-state index contributed by atoms with van der Waals surface area (Å²) >= 11 is 0. The molecule has 0 bridgehead atoms. The lowest BCUT2D eigenvalue weighted by atomic mass is 10.1. The number of aromatic nitrogens is 3. The molecular formula is C23H29N5O. The Hall–Kier alpha value is -2.89. The van der Waals surface area contributed by atoms with Crippen LogP contribution in [-0.2, 0) is 12.8 Å². The largest absolute Gasteiger partial charge is 0.367 e. The van der Waals surface area contributed by atoms with Gasteiger partial charge in [0.05, 0.1) is 6.20 Å². The maximum absolute atomic E-state index is 12.6. The lowest BCUT2D eigenvalue weighted by Crippen LogP contribution is -2.34. The molecule has 152 valence electrons. The summed E-state index contributed by atoms with van der Waals surface area (Å²) in [5.41, 5.74) is 3.94. The summed E-state index contributed by atoms with van der Waals surface area (Å²) in [7, 11) is 0. The van der Waals surface area contributed by atoms with Crippen LogP contribution in [0.1, 0.15) is 61.1 Å². The second kappa shape index (κ2) is 8.64. The van der Waals surface area contributed by atoms with Crippen LogP contribution in [0, 0.1) is 0 Å². The van der Waals surface area contributed by atoms with Crippen molar-refractivity contribution < 1.29 is 4.79 Å². The Kier molecular flexibility index (Phi) is 5.79. The van der Waals surface area contributed by atoms with E-state index in [1.807, 2.05) is 34.8 Å². The van der Waals surface area contributed by atoms with Crippen LogP contribution in [0.2, 0.25) is 0 Å². The van der Waals surface area contributed by atoms with Gasteiger partial charge in [-0.05, 0) is 49.8 Å². The van der Waals surface area contributed by atoms with E-state index in [4.69, 9.17) is 0 Å². The minimum Gasteiger partial charge on any atom is -0.367 e. The van der Waals surface area contributed by atoms with E-state index in [1.54, 1.807) is 6.20 Å². The van der Waals surface area contributed by atoms with E-state index in [9.17, 15) is 4.79 Å². The first-order chi connectivity index (χ1) is 14.2. The Labute approximate surface area is 171 Å². The number of nitrogens with one attached hydrogen (secondary N) is 2. The summed E-state index contributed by atoms with van der Waals surface area (Å²) < 4.78 is 1.86. The van der Waals surface area contributed by atoms with Crippen molar-refractivity contribution in [2.75, 3.05) is 5.32 Å². The first-order valence-corrected chi connectivity index (χ1v) is 10.7. The minimum absolute atomic E-state index is 0.0157. The maximum atomic E-state index is 12.6. The van der Waals surface area contributed by atoms with Crippen molar-refractivity contribution >= 4 is 17.4 Å². The summed E-state index contributed by atoms with van der Waals surface area (Å²) in [5, 5.41) is 11.2. The van der Waals surface area contributed by atoms with Crippen LogP contribution >= 0.6 is 0 Å². The molecule has 2 N–H and O–H groups in total. The van der Waals surface area contributed by atoms with Gasteiger partial charge >= 0.3 is 0 Å². The molecule has 2 heterocycles. The van der Waals surface area contributed by atoms with Gasteiger partial charge in [-0.3, -0.25) is 4.79 Å². The van der Waals surface area contributed by atoms with Gasteiger partial charge in [0.25, 0.3) is 5.91 Å². The summed E-state index contributed by atoms with van der Waals surface area (Å²) in [5.74, 6) is 0.998.